The molecule has 5 nitrogen and oxygen atoms in total. The first kappa shape index (κ1) is 20.6. The standard InChI is InChI=1S/C24H24O5/c1-2-27-24(26)23(25)20-13-14-21(28-16-18-9-5-3-6-10-18)22(15-20)29-17-19-11-7-4-8-12-19/h3-15,24,26H,2,16-17H2,1H3. The van der Waals surface area contributed by atoms with Gasteiger partial charge in [-0.3, -0.25) is 4.79 Å². The highest BCUT2D eigenvalue weighted by atomic mass is 16.6. The second-order valence-electron chi connectivity index (χ2n) is 6.38. The number of rotatable bonds is 10. The van der Waals surface area contributed by atoms with Crippen LogP contribution in [0, 0.1) is 0 Å². The summed E-state index contributed by atoms with van der Waals surface area (Å²) >= 11 is 0. The molecule has 29 heavy (non-hydrogen) atoms. The highest BCUT2D eigenvalue weighted by Crippen LogP contribution is 2.30. The first-order valence-electron chi connectivity index (χ1n) is 9.48. The number of ether oxygens (including phenoxy) is 3. The zero-order chi connectivity index (χ0) is 20.5. The molecule has 0 amide bonds. The lowest BCUT2D eigenvalue weighted by Crippen LogP contribution is -2.23. The van der Waals surface area contributed by atoms with Crippen LogP contribution in [-0.2, 0) is 18.0 Å². The zero-order valence-electron chi connectivity index (χ0n) is 16.3. The van der Waals surface area contributed by atoms with E-state index in [1.54, 1.807) is 25.1 Å². The summed E-state index contributed by atoms with van der Waals surface area (Å²) in [6, 6.07) is 24.4. The van der Waals surface area contributed by atoms with Gasteiger partial charge in [0.1, 0.15) is 13.2 Å². The molecule has 0 saturated carbocycles. The van der Waals surface area contributed by atoms with Gasteiger partial charge in [0.2, 0.25) is 12.1 Å². The fourth-order valence-corrected chi connectivity index (χ4v) is 2.74. The summed E-state index contributed by atoms with van der Waals surface area (Å²) in [5.41, 5.74) is 2.31. The van der Waals surface area contributed by atoms with Crippen LogP contribution in [0.2, 0.25) is 0 Å². The molecule has 0 saturated heterocycles. The van der Waals surface area contributed by atoms with Crippen molar-refractivity contribution in [2.24, 2.45) is 0 Å². The van der Waals surface area contributed by atoms with Gasteiger partial charge in [-0.1, -0.05) is 60.7 Å². The Morgan fingerprint density at radius 1 is 0.828 bits per heavy atom. The van der Waals surface area contributed by atoms with Crippen molar-refractivity contribution >= 4 is 5.78 Å². The summed E-state index contributed by atoms with van der Waals surface area (Å²) in [6.45, 7) is 2.65. The molecule has 0 aromatic heterocycles. The molecule has 0 aliphatic rings. The van der Waals surface area contributed by atoms with Gasteiger partial charge in [0.15, 0.2) is 11.5 Å². The van der Waals surface area contributed by atoms with Gasteiger partial charge >= 0.3 is 0 Å². The Balaban J connectivity index is 1.80. The van der Waals surface area contributed by atoms with E-state index in [9.17, 15) is 9.90 Å². The summed E-state index contributed by atoms with van der Waals surface area (Å²) in [6.07, 6.45) is -1.50. The van der Waals surface area contributed by atoms with Crippen molar-refractivity contribution in [2.75, 3.05) is 6.61 Å². The Hall–Kier alpha value is -3.15. The van der Waals surface area contributed by atoms with Crippen molar-refractivity contribution in [1.29, 1.82) is 0 Å². The molecule has 1 atom stereocenters. The van der Waals surface area contributed by atoms with E-state index in [0.717, 1.165) is 11.1 Å². The van der Waals surface area contributed by atoms with Gasteiger partial charge in [0.25, 0.3) is 0 Å². The van der Waals surface area contributed by atoms with E-state index in [2.05, 4.69) is 0 Å². The van der Waals surface area contributed by atoms with Gasteiger partial charge < -0.3 is 19.3 Å². The topological polar surface area (TPSA) is 65.0 Å². The Bertz CT molecular complexity index is 909. The van der Waals surface area contributed by atoms with E-state index in [4.69, 9.17) is 14.2 Å². The molecule has 0 spiro atoms. The molecule has 0 aliphatic heterocycles. The second kappa shape index (κ2) is 10.4. The number of carbonyl (C=O) groups is 1. The van der Waals surface area contributed by atoms with E-state index >= 15 is 0 Å². The van der Waals surface area contributed by atoms with E-state index < -0.39 is 12.1 Å². The van der Waals surface area contributed by atoms with Crippen LogP contribution < -0.4 is 9.47 Å². The van der Waals surface area contributed by atoms with Crippen LogP contribution in [0.1, 0.15) is 28.4 Å². The van der Waals surface area contributed by atoms with Crippen LogP contribution in [0.15, 0.2) is 78.9 Å². The minimum absolute atomic E-state index is 0.239. The third kappa shape index (κ3) is 5.91. The van der Waals surface area contributed by atoms with Gasteiger partial charge in [-0.15, -0.1) is 0 Å². The van der Waals surface area contributed by atoms with Crippen LogP contribution in [-0.4, -0.2) is 23.8 Å². The van der Waals surface area contributed by atoms with Gasteiger partial charge in [0, 0.05) is 12.2 Å². The maximum Gasteiger partial charge on any atom is 0.220 e. The van der Waals surface area contributed by atoms with Gasteiger partial charge in [-0.25, -0.2) is 0 Å². The lowest BCUT2D eigenvalue weighted by Gasteiger charge is -2.15. The van der Waals surface area contributed by atoms with Crippen molar-refractivity contribution in [2.45, 2.75) is 26.4 Å². The normalized spacial score (nSPS) is 11.7. The maximum atomic E-state index is 12.4. The quantitative estimate of drug-likeness (QED) is 0.410. The van der Waals surface area contributed by atoms with E-state index in [0.29, 0.717) is 30.3 Å². The lowest BCUT2D eigenvalue weighted by molar-refractivity contribution is -0.0675. The van der Waals surface area contributed by atoms with Crippen LogP contribution in [0.25, 0.3) is 0 Å². The van der Waals surface area contributed by atoms with Crippen LogP contribution in [0.4, 0.5) is 0 Å². The molecule has 1 N–H and O–H groups in total. The molecule has 3 aromatic rings. The summed E-state index contributed by atoms with van der Waals surface area (Å²) in [4.78, 5) is 12.4. The maximum absolute atomic E-state index is 12.4. The lowest BCUT2D eigenvalue weighted by atomic mass is 10.1. The van der Waals surface area contributed by atoms with E-state index in [-0.39, 0.29) is 6.61 Å². The minimum Gasteiger partial charge on any atom is -0.485 e. The first-order valence-corrected chi connectivity index (χ1v) is 9.48. The smallest absolute Gasteiger partial charge is 0.220 e. The van der Waals surface area contributed by atoms with Gasteiger partial charge in [0.05, 0.1) is 0 Å². The molecule has 0 radical (unpaired) electrons. The summed E-state index contributed by atoms with van der Waals surface area (Å²) < 4.78 is 16.9. The highest BCUT2D eigenvalue weighted by Gasteiger charge is 2.19. The van der Waals surface area contributed by atoms with Crippen LogP contribution >= 0.6 is 0 Å². The second-order valence-corrected chi connectivity index (χ2v) is 6.38. The van der Waals surface area contributed by atoms with Crippen molar-refractivity contribution in [3.63, 3.8) is 0 Å². The number of carbonyl (C=O) groups excluding carboxylic acids is 1. The number of Topliss-reactive ketones (excluding diaryl/α,β-unsaturated/α-hetero) is 1. The number of hydrogen-bond donors (Lipinski definition) is 1. The van der Waals surface area contributed by atoms with Crippen molar-refractivity contribution in [3.05, 3.63) is 95.6 Å². The van der Waals surface area contributed by atoms with E-state index in [1.165, 1.54) is 0 Å². The summed E-state index contributed by atoms with van der Waals surface area (Å²) in [5.74, 6) is 0.428. The van der Waals surface area contributed by atoms with Crippen molar-refractivity contribution < 1.29 is 24.1 Å². The molecule has 0 heterocycles. The van der Waals surface area contributed by atoms with Crippen LogP contribution in [0.5, 0.6) is 11.5 Å². The molecule has 0 bridgehead atoms. The Morgan fingerprint density at radius 2 is 1.38 bits per heavy atom. The molecule has 0 fully saturated rings. The van der Waals surface area contributed by atoms with Gasteiger partial charge in [-0.2, -0.15) is 0 Å². The third-order valence-electron chi connectivity index (χ3n) is 4.25. The predicted octanol–water partition coefficient (Wildman–Crippen LogP) is 4.38. The predicted molar refractivity (Wildman–Crippen MR) is 110 cm³/mol. The number of hydrogen-bond acceptors (Lipinski definition) is 5. The molecule has 3 rings (SSSR count). The fourth-order valence-electron chi connectivity index (χ4n) is 2.74. The van der Waals surface area contributed by atoms with Gasteiger partial charge in [-0.05, 0) is 36.2 Å². The Kier molecular flexibility index (Phi) is 7.39. The molecule has 1 unspecified atom stereocenters. The number of aliphatic hydroxyl groups is 1. The average molecular weight is 392 g/mol. The van der Waals surface area contributed by atoms with Crippen molar-refractivity contribution in [3.8, 4) is 11.5 Å². The number of ketones is 1. The van der Waals surface area contributed by atoms with Crippen LogP contribution in [0.3, 0.4) is 0 Å². The largest absolute Gasteiger partial charge is 0.485 e. The Labute approximate surface area is 170 Å². The minimum atomic E-state index is -1.50. The Morgan fingerprint density at radius 3 is 1.93 bits per heavy atom. The van der Waals surface area contributed by atoms with E-state index in [1.807, 2.05) is 60.7 Å². The molecular formula is C24H24O5. The number of aliphatic hydroxyl groups excluding tert-OH is 1. The highest BCUT2D eigenvalue weighted by molar-refractivity contribution is 5.99. The summed E-state index contributed by atoms with van der Waals surface area (Å²) in [7, 11) is 0. The number of benzene rings is 3. The zero-order valence-corrected chi connectivity index (χ0v) is 16.3. The average Bonchev–Trinajstić information content (AvgIpc) is 2.77. The first-order chi connectivity index (χ1) is 14.2. The molecule has 0 aliphatic carbocycles. The summed E-state index contributed by atoms with van der Waals surface area (Å²) in [5, 5.41) is 9.85. The third-order valence-corrected chi connectivity index (χ3v) is 4.25. The molecular weight excluding hydrogens is 368 g/mol. The SMILES string of the molecule is CCOC(O)C(=O)c1ccc(OCc2ccccc2)c(OCc2ccccc2)c1. The molecule has 3 aromatic carbocycles. The monoisotopic (exact) mass is 392 g/mol. The van der Waals surface area contributed by atoms with Crippen molar-refractivity contribution in [1.82, 2.24) is 0 Å². The molecule has 5 heteroatoms. The molecule has 150 valence electrons. The fraction of sp³-hybridized carbons (Fsp3) is 0.208.